The number of nitrogens with two attached hydrogens (primary N) is 1. The summed E-state index contributed by atoms with van der Waals surface area (Å²) in [6.07, 6.45) is 0.122. The van der Waals surface area contributed by atoms with Crippen LogP contribution in [0.4, 0.5) is 0 Å². The molecule has 0 aliphatic carbocycles. The van der Waals surface area contributed by atoms with Crippen LogP contribution in [0.25, 0.3) is 0 Å². The van der Waals surface area contributed by atoms with Gasteiger partial charge in [0.05, 0.1) is 18.5 Å². The Hall–Kier alpha value is -0.130. The van der Waals surface area contributed by atoms with Crippen molar-refractivity contribution >= 4 is 10.0 Å². The Kier molecular flexibility index (Phi) is 5.63. The number of rotatable bonds is 6. The number of sulfonamides is 1. The van der Waals surface area contributed by atoms with Crippen molar-refractivity contribution < 1.29 is 13.2 Å². The van der Waals surface area contributed by atoms with Crippen molar-refractivity contribution in [3.63, 3.8) is 0 Å². The van der Waals surface area contributed by atoms with E-state index in [-0.39, 0.29) is 23.7 Å². The van der Waals surface area contributed by atoms with Gasteiger partial charge in [-0.05, 0) is 25.7 Å². The van der Waals surface area contributed by atoms with Crippen LogP contribution in [-0.4, -0.2) is 26.9 Å². The van der Waals surface area contributed by atoms with E-state index < -0.39 is 10.0 Å². The maximum atomic E-state index is 10.9. The molecule has 0 aromatic carbocycles. The van der Waals surface area contributed by atoms with Gasteiger partial charge in [-0.3, -0.25) is 0 Å². The minimum atomic E-state index is -3.40. The second-order valence-corrected chi connectivity index (χ2v) is 5.87. The first-order valence-electron chi connectivity index (χ1n) is 4.84. The van der Waals surface area contributed by atoms with E-state index >= 15 is 0 Å². The lowest BCUT2D eigenvalue weighted by Gasteiger charge is -2.20. The Morgan fingerprint density at radius 2 is 1.71 bits per heavy atom. The molecule has 0 bridgehead atoms. The highest BCUT2D eigenvalue weighted by Gasteiger charge is 2.19. The number of hydrogen-bond acceptors (Lipinski definition) is 3. The van der Waals surface area contributed by atoms with Gasteiger partial charge in [0.15, 0.2) is 0 Å². The fraction of sp³-hybridized carbons (Fsp3) is 1.00. The molecule has 0 aliphatic rings. The van der Waals surface area contributed by atoms with E-state index in [1.807, 2.05) is 27.7 Å². The van der Waals surface area contributed by atoms with E-state index in [1.165, 1.54) is 0 Å². The first kappa shape index (κ1) is 13.9. The smallest absolute Gasteiger partial charge is 0.209 e. The lowest BCUT2D eigenvalue weighted by Crippen LogP contribution is -2.30. The SMILES string of the molecule is CC(C)OCC(CS(N)(=O)=O)C(C)C. The van der Waals surface area contributed by atoms with Gasteiger partial charge < -0.3 is 4.74 Å². The van der Waals surface area contributed by atoms with Crippen molar-refractivity contribution in [1.29, 1.82) is 0 Å². The van der Waals surface area contributed by atoms with Crippen molar-refractivity contribution in [3.8, 4) is 0 Å². The summed E-state index contributed by atoms with van der Waals surface area (Å²) in [5.41, 5.74) is 0. The van der Waals surface area contributed by atoms with Gasteiger partial charge in [0.1, 0.15) is 0 Å². The molecule has 0 saturated carbocycles. The van der Waals surface area contributed by atoms with Crippen LogP contribution < -0.4 is 5.14 Å². The standard InChI is InChI=1S/C9H21NO3S/c1-7(2)9(5-13-8(3)4)6-14(10,11)12/h7-9H,5-6H2,1-4H3,(H2,10,11,12). The van der Waals surface area contributed by atoms with E-state index in [4.69, 9.17) is 9.88 Å². The molecule has 0 aromatic rings. The van der Waals surface area contributed by atoms with Crippen molar-refractivity contribution in [3.05, 3.63) is 0 Å². The Bertz CT molecular complexity index is 247. The van der Waals surface area contributed by atoms with E-state index in [0.717, 1.165) is 0 Å². The third-order valence-electron chi connectivity index (χ3n) is 2.03. The Morgan fingerprint density at radius 1 is 1.21 bits per heavy atom. The summed E-state index contributed by atoms with van der Waals surface area (Å²) in [4.78, 5) is 0. The summed E-state index contributed by atoms with van der Waals surface area (Å²) >= 11 is 0. The number of hydrogen-bond donors (Lipinski definition) is 1. The van der Waals surface area contributed by atoms with Gasteiger partial charge >= 0.3 is 0 Å². The summed E-state index contributed by atoms with van der Waals surface area (Å²) in [6, 6.07) is 0. The predicted molar refractivity (Wildman–Crippen MR) is 57.4 cm³/mol. The van der Waals surface area contributed by atoms with E-state index in [9.17, 15) is 8.42 Å². The third kappa shape index (κ3) is 7.29. The van der Waals surface area contributed by atoms with Gasteiger partial charge in [-0.2, -0.15) is 0 Å². The highest BCUT2D eigenvalue weighted by molar-refractivity contribution is 7.89. The van der Waals surface area contributed by atoms with Crippen molar-refractivity contribution in [1.82, 2.24) is 0 Å². The molecule has 5 heteroatoms. The monoisotopic (exact) mass is 223 g/mol. The minimum Gasteiger partial charge on any atom is -0.378 e. The largest absolute Gasteiger partial charge is 0.378 e. The topological polar surface area (TPSA) is 69.4 Å². The molecule has 0 saturated heterocycles. The molecule has 1 unspecified atom stereocenters. The van der Waals surface area contributed by atoms with Gasteiger partial charge in [0, 0.05) is 0 Å². The molecular formula is C9H21NO3S. The summed E-state index contributed by atoms with van der Waals surface area (Å²) in [5, 5.41) is 5.00. The molecule has 0 rings (SSSR count). The summed E-state index contributed by atoms with van der Waals surface area (Å²) in [7, 11) is -3.40. The fourth-order valence-corrected chi connectivity index (χ4v) is 2.13. The van der Waals surface area contributed by atoms with Crippen molar-refractivity contribution in [2.45, 2.75) is 33.8 Å². The molecular weight excluding hydrogens is 202 g/mol. The molecule has 0 aromatic heterocycles. The van der Waals surface area contributed by atoms with Crippen LogP contribution in [0.1, 0.15) is 27.7 Å². The number of primary sulfonamides is 1. The average molecular weight is 223 g/mol. The zero-order valence-electron chi connectivity index (χ0n) is 9.36. The molecule has 2 N–H and O–H groups in total. The highest BCUT2D eigenvalue weighted by atomic mass is 32.2. The van der Waals surface area contributed by atoms with E-state index in [2.05, 4.69) is 0 Å². The fourth-order valence-electron chi connectivity index (χ4n) is 1.05. The van der Waals surface area contributed by atoms with E-state index in [1.54, 1.807) is 0 Å². The van der Waals surface area contributed by atoms with Gasteiger partial charge in [0.2, 0.25) is 10.0 Å². The summed E-state index contributed by atoms with van der Waals surface area (Å²) in [6.45, 7) is 8.24. The first-order valence-corrected chi connectivity index (χ1v) is 6.56. The van der Waals surface area contributed by atoms with Crippen molar-refractivity contribution in [2.75, 3.05) is 12.4 Å². The average Bonchev–Trinajstić information content (AvgIpc) is 1.94. The summed E-state index contributed by atoms with van der Waals surface area (Å²) in [5.74, 6) is 0.233. The summed E-state index contributed by atoms with van der Waals surface area (Å²) < 4.78 is 27.2. The molecule has 0 fully saturated rings. The Labute approximate surface area is 86.9 Å². The van der Waals surface area contributed by atoms with E-state index in [0.29, 0.717) is 6.61 Å². The molecule has 0 amide bonds. The Morgan fingerprint density at radius 3 is 2.00 bits per heavy atom. The second-order valence-electron chi connectivity index (χ2n) is 4.22. The minimum absolute atomic E-state index is 0.00259. The quantitative estimate of drug-likeness (QED) is 0.729. The van der Waals surface area contributed by atoms with Crippen LogP contribution in [0.2, 0.25) is 0 Å². The van der Waals surface area contributed by atoms with Crippen LogP contribution in [0.5, 0.6) is 0 Å². The van der Waals surface area contributed by atoms with Gasteiger partial charge in [-0.15, -0.1) is 0 Å². The molecule has 0 heterocycles. The maximum absolute atomic E-state index is 10.9. The van der Waals surface area contributed by atoms with Gasteiger partial charge in [-0.1, -0.05) is 13.8 Å². The highest BCUT2D eigenvalue weighted by Crippen LogP contribution is 2.13. The molecule has 14 heavy (non-hydrogen) atoms. The van der Waals surface area contributed by atoms with Crippen LogP contribution in [-0.2, 0) is 14.8 Å². The molecule has 86 valence electrons. The molecule has 0 spiro atoms. The van der Waals surface area contributed by atoms with Crippen LogP contribution in [0.3, 0.4) is 0 Å². The van der Waals surface area contributed by atoms with Crippen LogP contribution in [0.15, 0.2) is 0 Å². The molecule has 0 aliphatic heterocycles. The zero-order valence-corrected chi connectivity index (χ0v) is 10.2. The normalized spacial score (nSPS) is 15.1. The van der Waals surface area contributed by atoms with Crippen LogP contribution in [0, 0.1) is 11.8 Å². The lowest BCUT2D eigenvalue weighted by atomic mass is 9.99. The molecule has 0 radical (unpaired) electrons. The van der Waals surface area contributed by atoms with Gasteiger partial charge in [-0.25, -0.2) is 13.6 Å². The molecule has 1 atom stereocenters. The number of ether oxygens (including phenoxy) is 1. The zero-order chi connectivity index (χ0) is 11.4. The first-order chi connectivity index (χ1) is 6.22. The van der Waals surface area contributed by atoms with Crippen LogP contribution >= 0.6 is 0 Å². The maximum Gasteiger partial charge on any atom is 0.209 e. The third-order valence-corrected chi connectivity index (χ3v) is 2.93. The second kappa shape index (κ2) is 5.68. The van der Waals surface area contributed by atoms with Crippen molar-refractivity contribution in [2.24, 2.45) is 17.0 Å². The lowest BCUT2D eigenvalue weighted by molar-refractivity contribution is 0.0452. The molecule has 4 nitrogen and oxygen atoms in total. The Balaban J connectivity index is 4.17. The predicted octanol–water partition coefficient (Wildman–Crippen LogP) is 0.972. The van der Waals surface area contributed by atoms with Gasteiger partial charge in [0.25, 0.3) is 0 Å².